The maximum Gasteiger partial charge on any atom is 0.0524 e. The lowest BCUT2D eigenvalue weighted by molar-refractivity contribution is 0.419. The molecule has 0 N–H and O–H groups in total. The van der Waals surface area contributed by atoms with Gasteiger partial charge >= 0.3 is 0 Å². The van der Waals surface area contributed by atoms with Gasteiger partial charge in [0.25, 0.3) is 0 Å². The Kier molecular flexibility index (Phi) is 10.2. The zero-order valence-corrected chi connectivity index (χ0v) is 12.8. The van der Waals surface area contributed by atoms with Gasteiger partial charge in [-0.1, -0.05) is 6.08 Å². The van der Waals surface area contributed by atoms with Gasteiger partial charge in [-0.2, -0.15) is 0 Å². The molecule has 0 fully saturated rings. The van der Waals surface area contributed by atoms with E-state index in [1.54, 1.807) is 0 Å². The Morgan fingerprint density at radius 3 is 2.12 bits per heavy atom. The first-order chi connectivity index (χ1) is 7.39. The van der Waals surface area contributed by atoms with Gasteiger partial charge in [0.05, 0.1) is 5.54 Å². The van der Waals surface area contributed by atoms with Crippen molar-refractivity contribution in [3.63, 3.8) is 0 Å². The smallest absolute Gasteiger partial charge is 0.0524 e. The zero-order valence-electron chi connectivity index (χ0n) is 12.0. The summed E-state index contributed by atoms with van der Waals surface area (Å²) in [6.07, 6.45) is 8.23. The van der Waals surface area contributed by atoms with Gasteiger partial charge < -0.3 is 4.90 Å². The molecular weight excluding hydrogens is 232 g/mol. The second kappa shape index (κ2) is 9.29. The quantitative estimate of drug-likeness (QED) is 0.536. The van der Waals surface area contributed by atoms with E-state index in [1.807, 2.05) is 6.21 Å². The Labute approximate surface area is 113 Å². The SMILES string of the molecule is CCN(/C=C/C=C(\C)C=NC(C)(C)C)CC.Cl. The molecule has 0 amide bonds. The molecule has 0 unspecified atom stereocenters. The van der Waals surface area contributed by atoms with E-state index in [0.717, 1.165) is 13.1 Å². The normalized spacial score (nSPS) is 13.2. The molecule has 0 rings (SSSR count). The number of halogens is 1. The number of rotatable bonds is 5. The predicted molar refractivity (Wildman–Crippen MR) is 81.3 cm³/mol. The third-order valence-electron chi connectivity index (χ3n) is 2.12. The molecule has 0 radical (unpaired) electrons. The molecule has 0 aliphatic heterocycles. The first-order valence-corrected chi connectivity index (χ1v) is 6.03. The van der Waals surface area contributed by atoms with Gasteiger partial charge in [0.15, 0.2) is 0 Å². The minimum atomic E-state index is 0. The van der Waals surface area contributed by atoms with Crippen molar-refractivity contribution in [1.29, 1.82) is 0 Å². The molecule has 0 saturated carbocycles. The van der Waals surface area contributed by atoms with Crippen molar-refractivity contribution in [2.75, 3.05) is 13.1 Å². The van der Waals surface area contributed by atoms with E-state index in [-0.39, 0.29) is 17.9 Å². The highest BCUT2D eigenvalue weighted by atomic mass is 35.5. The zero-order chi connectivity index (χ0) is 12.6. The van der Waals surface area contributed by atoms with Crippen molar-refractivity contribution < 1.29 is 0 Å². The number of hydrogen-bond acceptors (Lipinski definition) is 2. The predicted octanol–water partition coefficient (Wildman–Crippen LogP) is 4.08. The fourth-order valence-corrected chi connectivity index (χ4v) is 1.09. The maximum absolute atomic E-state index is 4.45. The molecule has 0 heterocycles. The summed E-state index contributed by atoms with van der Waals surface area (Å²) in [6.45, 7) is 14.8. The van der Waals surface area contributed by atoms with Crippen LogP contribution in [0, 0.1) is 0 Å². The minimum absolute atomic E-state index is 0. The lowest BCUT2D eigenvalue weighted by atomic mass is 10.1. The van der Waals surface area contributed by atoms with Crippen molar-refractivity contribution >= 4 is 18.6 Å². The Hall–Kier alpha value is -0.760. The summed E-state index contributed by atoms with van der Waals surface area (Å²) >= 11 is 0. The average Bonchev–Trinajstić information content (AvgIpc) is 2.20. The van der Waals surface area contributed by atoms with Gasteiger partial charge in [0, 0.05) is 19.3 Å². The van der Waals surface area contributed by atoms with Crippen LogP contribution in [0.1, 0.15) is 41.5 Å². The fourth-order valence-electron chi connectivity index (χ4n) is 1.09. The molecule has 100 valence electrons. The summed E-state index contributed by atoms with van der Waals surface area (Å²) in [5, 5.41) is 0. The first-order valence-electron chi connectivity index (χ1n) is 6.03. The number of allylic oxidation sites excluding steroid dienone is 3. The molecule has 0 aliphatic carbocycles. The van der Waals surface area contributed by atoms with Crippen LogP contribution >= 0.6 is 12.4 Å². The summed E-state index contributed by atoms with van der Waals surface area (Å²) in [6, 6.07) is 0. The van der Waals surface area contributed by atoms with Gasteiger partial charge in [-0.05, 0) is 59.4 Å². The van der Waals surface area contributed by atoms with E-state index in [0.29, 0.717) is 0 Å². The van der Waals surface area contributed by atoms with Crippen molar-refractivity contribution in [3.8, 4) is 0 Å². The molecule has 0 aromatic carbocycles. The van der Waals surface area contributed by atoms with E-state index < -0.39 is 0 Å². The number of hydrogen-bond donors (Lipinski definition) is 0. The second-order valence-electron chi connectivity index (χ2n) is 4.90. The highest BCUT2D eigenvalue weighted by molar-refractivity contribution is 5.85. The maximum atomic E-state index is 4.45. The molecule has 17 heavy (non-hydrogen) atoms. The third kappa shape index (κ3) is 11.5. The number of aliphatic imine (C=N–C) groups is 1. The Bertz CT molecular complexity index is 268. The van der Waals surface area contributed by atoms with Crippen LogP contribution in [0.2, 0.25) is 0 Å². The summed E-state index contributed by atoms with van der Waals surface area (Å²) in [5.74, 6) is 0. The lowest BCUT2D eigenvalue weighted by Gasteiger charge is -2.14. The van der Waals surface area contributed by atoms with E-state index in [4.69, 9.17) is 0 Å². The standard InChI is InChI=1S/C14H26N2.ClH/c1-7-16(8-2)11-9-10-13(3)12-15-14(4,5)6;/h9-12H,7-8H2,1-6H3;1H/b11-9+,13-10+,15-12?;. The summed E-state index contributed by atoms with van der Waals surface area (Å²) in [4.78, 5) is 6.71. The Morgan fingerprint density at radius 1 is 1.18 bits per heavy atom. The van der Waals surface area contributed by atoms with Crippen molar-refractivity contribution in [2.45, 2.75) is 47.1 Å². The minimum Gasteiger partial charge on any atom is -0.378 e. The van der Waals surface area contributed by atoms with Gasteiger partial charge in [0.1, 0.15) is 0 Å². The van der Waals surface area contributed by atoms with Gasteiger partial charge in [-0.25, -0.2) is 0 Å². The molecule has 2 nitrogen and oxygen atoms in total. The molecule has 3 heteroatoms. The van der Waals surface area contributed by atoms with E-state index in [9.17, 15) is 0 Å². The molecule has 0 atom stereocenters. The molecular formula is C14H27ClN2. The van der Waals surface area contributed by atoms with E-state index >= 15 is 0 Å². The second-order valence-corrected chi connectivity index (χ2v) is 4.90. The number of nitrogens with zero attached hydrogens (tertiary/aromatic N) is 2. The van der Waals surface area contributed by atoms with E-state index in [1.165, 1.54) is 5.57 Å². The van der Waals surface area contributed by atoms with Crippen LogP contribution in [-0.4, -0.2) is 29.7 Å². The summed E-state index contributed by atoms with van der Waals surface area (Å²) < 4.78 is 0. The van der Waals surface area contributed by atoms with Gasteiger partial charge in [-0.3, -0.25) is 4.99 Å². The molecule has 0 aromatic heterocycles. The average molecular weight is 259 g/mol. The molecule has 0 bridgehead atoms. The molecule has 0 saturated heterocycles. The Morgan fingerprint density at radius 2 is 1.71 bits per heavy atom. The fraction of sp³-hybridized carbons (Fsp3) is 0.643. The first kappa shape index (κ1) is 18.6. The molecule has 0 spiro atoms. The summed E-state index contributed by atoms with van der Waals surface area (Å²) in [5.41, 5.74) is 1.19. The Balaban J connectivity index is 0. The van der Waals surface area contributed by atoms with Crippen molar-refractivity contribution in [3.05, 3.63) is 23.9 Å². The van der Waals surface area contributed by atoms with Gasteiger partial charge in [-0.15, -0.1) is 12.4 Å². The highest BCUT2D eigenvalue weighted by Gasteiger charge is 2.03. The third-order valence-corrected chi connectivity index (χ3v) is 2.12. The van der Waals surface area contributed by atoms with Gasteiger partial charge in [0.2, 0.25) is 0 Å². The van der Waals surface area contributed by atoms with Crippen LogP contribution in [-0.2, 0) is 0 Å². The van der Waals surface area contributed by atoms with Crippen LogP contribution in [0.3, 0.4) is 0 Å². The molecule has 0 aliphatic rings. The van der Waals surface area contributed by atoms with Crippen LogP contribution in [0.4, 0.5) is 0 Å². The van der Waals surface area contributed by atoms with Crippen LogP contribution in [0.15, 0.2) is 28.9 Å². The largest absolute Gasteiger partial charge is 0.378 e. The van der Waals surface area contributed by atoms with Crippen LogP contribution in [0.25, 0.3) is 0 Å². The van der Waals surface area contributed by atoms with Crippen LogP contribution in [0.5, 0.6) is 0 Å². The lowest BCUT2D eigenvalue weighted by Crippen LogP contribution is -2.14. The van der Waals surface area contributed by atoms with Crippen molar-refractivity contribution in [1.82, 2.24) is 4.90 Å². The topological polar surface area (TPSA) is 15.6 Å². The molecule has 0 aromatic rings. The van der Waals surface area contributed by atoms with E-state index in [2.05, 4.69) is 69.8 Å². The van der Waals surface area contributed by atoms with Crippen LogP contribution < -0.4 is 0 Å². The summed E-state index contributed by atoms with van der Waals surface area (Å²) in [7, 11) is 0. The highest BCUT2D eigenvalue weighted by Crippen LogP contribution is 2.06. The monoisotopic (exact) mass is 258 g/mol. The van der Waals surface area contributed by atoms with Crippen molar-refractivity contribution in [2.24, 2.45) is 4.99 Å².